The summed E-state index contributed by atoms with van der Waals surface area (Å²) in [6.45, 7) is 3.59. The molecule has 1 atom stereocenters. The molecule has 2 aromatic heterocycles. The van der Waals surface area contributed by atoms with Gasteiger partial charge in [0.25, 0.3) is 5.56 Å². The van der Waals surface area contributed by atoms with Crippen molar-refractivity contribution in [3.05, 3.63) is 45.1 Å². The lowest BCUT2D eigenvalue weighted by molar-refractivity contribution is 0.414. The highest BCUT2D eigenvalue weighted by Crippen LogP contribution is 2.33. The van der Waals surface area contributed by atoms with E-state index >= 15 is 0 Å². The molecule has 1 aliphatic heterocycles. The zero-order valence-corrected chi connectivity index (χ0v) is 14.3. The summed E-state index contributed by atoms with van der Waals surface area (Å²) in [5, 5.41) is 0. The van der Waals surface area contributed by atoms with Crippen molar-refractivity contribution in [3.63, 3.8) is 0 Å². The van der Waals surface area contributed by atoms with Crippen LogP contribution in [0.5, 0.6) is 5.75 Å². The molecular formula is C17H19N5O3. The fraction of sp³-hybridized carbons (Fsp3) is 0.353. The lowest BCUT2D eigenvalue weighted by Crippen LogP contribution is -2.35. The van der Waals surface area contributed by atoms with Gasteiger partial charge in [0, 0.05) is 25.8 Å². The molecule has 0 unspecified atom stereocenters. The molecular weight excluding hydrogens is 322 g/mol. The number of aromatic amines is 1. The van der Waals surface area contributed by atoms with Gasteiger partial charge >= 0.3 is 5.69 Å². The molecule has 1 N–H and O–H groups in total. The van der Waals surface area contributed by atoms with Gasteiger partial charge in [-0.05, 0) is 30.2 Å². The lowest BCUT2D eigenvalue weighted by Gasteiger charge is -2.32. The van der Waals surface area contributed by atoms with Crippen LogP contribution < -0.4 is 20.9 Å². The molecule has 4 rings (SSSR count). The van der Waals surface area contributed by atoms with Crippen molar-refractivity contribution >= 4 is 22.8 Å². The van der Waals surface area contributed by atoms with Crippen molar-refractivity contribution in [2.45, 2.75) is 13.5 Å². The van der Waals surface area contributed by atoms with Gasteiger partial charge in [-0.2, -0.15) is 4.98 Å². The zero-order chi connectivity index (χ0) is 17.7. The summed E-state index contributed by atoms with van der Waals surface area (Å²) in [6, 6.07) is 7.71. The molecule has 1 aromatic carbocycles. The summed E-state index contributed by atoms with van der Waals surface area (Å²) in [5.41, 5.74) is 0.932. The van der Waals surface area contributed by atoms with E-state index in [1.807, 2.05) is 28.8 Å². The monoisotopic (exact) mass is 341 g/mol. The minimum Gasteiger partial charge on any atom is -0.497 e. The molecule has 3 aromatic rings. The van der Waals surface area contributed by atoms with E-state index in [9.17, 15) is 9.59 Å². The van der Waals surface area contributed by atoms with Crippen LogP contribution in [0.1, 0.15) is 6.92 Å². The van der Waals surface area contributed by atoms with Crippen molar-refractivity contribution in [1.82, 2.24) is 19.1 Å². The number of imidazole rings is 1. The van der Waals surface area contributed by atoms with Gasteiger partial charge in [-0.1, -0.05) is 6.92 Å². The maximum Gasteiger partial charge on any atom is 0.329 e. The first-order valence-electron chi connectivity index (χ1n) is 8.10. The van der Waals surface area contributed by atoms with E-state index in [0.717, 1.165) is 18.0 Å². The van der Waals surface area contributed by atoms with Crippen LogP contribution in [-0.4, -0.2) is 32.8 Å². The third-order valence-corrected chi connectivity index (χ3v) is 4.60. The average molecular weight is 341 g/mol. The van der Waals surface area contributed by atoms with E-state index in [4.69, 9.17) is 4.74 Å². The Bertz CT molecular complexity index is 1060. The van der Waals surface area contributed by atoms with Crippen molar-refractivity contribution in [3.8, 4) is 5.75 Å². The topological polar surface area (TPSA) is 85.2 Å². The van der Waals surface area contributed by atoms with Crippen LogP contribution >= 0.6 is 0 Å². The second-order valence-corrected chi connectivity index (χ2v) is 6.43. The summed E-state index contributed by atoms with van der Waals surface area (Å²) in [6.07, 6.45) is 0. The molecule has 0 amide bonds. The van der Waals surface area contributed by atoms with Crippen LogP contribution in [0.3, 0.4) is 0 Å². The highest BCUT2D eigenvalue weighted by molar-refractivity contribution is 5.77. The largest absolute Gasteiger partial charge is 0.497 e. The smallest absolute Gasteiger partial charge is 0.329 e. The Morgan fingerprint density at radius 1 is 1.20 bits per heavy atom. The number of rotatable bonds is 2. The Kier molecular flexibility index (Phi) is 3.41. The number of hydrogen-bond acceptors (Lipinski definition) is 5. The molecule has 3 heterocycles. The van der Waals surface area contributed by atoms with Gasteiger partial charge in [-0.15, -0.1) is 0 Å². The normalized spacial score (nSPS) is 16.9. The Morgan fingerprint density at radius 2 is 1.92 bits per heavy atom. The second kappa shape index (κ2) is 5.51. The Morgan fingerprint density at radius 3 is 2.60 bits per heavy atom. The summed E-state index contributed by atoms with van der Waals surface area (Å²) in [5.74, 6) is 1.77. The molecule has 0 radical (unpaired) electrons. The fourth-order valence-corrected chi connectivity index (χ4v) is 3.35. The Labute approximate surface area is 143 Å². The predicted octanol–water partition coefficient (Wildman–Crippen LogP) is 1.22. The maximum atomic E-state index is 12.4. The number of methoxy groups -OCH3 is 1. The maximum absolute atomic E-state index is 12.4. The van der Waals surface area contributed by atoms with Gasteiger partial charge in [0.15, 0.2) is 11.2 Å². The third kappa shape index (κ3) is 2.33. The second-order valence-electron chi connectivity index (χ2n) is 6.43. The minimum atomic E-state index is -0.461. The van der Waals surface area contributed by atoms with Gasteiger partial charge in [0.2, 0.25) is 5.95 Å². The zero-order valence-electron chi connectivity index (χ0n) is 14.3. The van der Waals surface area contributed by atoms with Crippen LogP contribution in [0.2, 0.25) is 0 Å². The summed E-state index contributed by atoms with van der Waals surface area (Å²) in [7, 11) is 3.24. The number of aromatic nitrogens is 4. The van der Waals surface area contributed by atoms with Gasteiger partial charge in [0.1, 0.15) is 5.75 Å². The molecule has 130 valence electrons. The minimum absolute atomic E-state index is 0.323. The number of hydrogen-bond donors (Lipinski definition) is 1. The van der Waals surface area contributed by atoms with Crippen LogP contribution in [0.25, 0.3) is 11.2 Å². The molecule has 0 bridgehead atoms. The number of fused-ring (bicyclic) bond motifs is 3. The van der Waals surface area contributed by atoms with Crippen molar-refractivity contribution in [1.29, 1.82) is 0 Å². The number of nitrogens with one attached hydrogen (secondary N) is 1. The van der Waals surface area contributed by atoms with E-state index in [-0.39, 0.29) is 0 Å². The SMILES string of the molecule is COc1ccc(N2C[C@@H](C)Cn3c2nc2c3c(=O)[nH]c(=O)n2C)cc1. The van der Waals surface area contributed by atoms with Gasteiger partial charge in [-0.25, -0.2) is 4.79 Å². The molecule has 8 nitrogen and oxygen atoms in total. The number of nitrogens with zero attached hydrogens (tertiary/aromatic N) is 4. The number of aryl methyl sites for hydroxylation is 1. The molecule has 0 saturated heterocycles. The quantitative estimate of drug-likeness (QED) is 0.757. The van der Waals surface area contributed by atoms with Crippen LogP contribution in [-0.2, 0) is 13.6 Å². The summed E-state index contributed by atoms with van der Waals surface area (Å²) >= 11 is 0. The third-order valence-electron chi connectivity index (χ3n) is 4.60. The van der Waals surface area contributed by atoms with Gasteiger partial charge in [0.05, 0.1) is 7.11 Å². The van der Waals surface area contributed by atoms with E-state index in [0.29, 0.717) is 29.6 Å². The molecule has 8 heteroatoms. The van der Waals surface area contributed by atoms with E-state index in [1.54, 1.807) is 14.2 Å². The Balaban J connectivity index is 1.95. The fourth-order valence-electron chi connectivity index (χ4n) is 3.35. The molecule has 25 heavy (non-hydrogen) atoms. The van der Waals surface area contributed by atoms with Crippen LogP contribution in [0.15, 0.2) is 33.9 Å². The van der Waals surface area contributed by atoms with E-state index in [1.165, 1.54) is 4.57 Å². The number of benzene rings is 1. The van der Waals surface area contributed by atoms with Crippen molar-refractivity contribution < 1.29 is 4.74 Å². The summed E-state index contributed by atoms with van der Waals surface area (Å²) in [4.78, 5) is 33.3. The predicted molar refractivity (Wildman–Crippen MR) is 94.8 cm³/mol. The highest BCUT2D eigenvalue weighted by atomic mass is 16.5. The average Bonchev–Trinajstić information content (AvgIpc) is 2.99. The summed E-state index contributed by atoms with van der Waals surface area (Å²) < 4.78 is 8.49. The van der Waals surface area contributed by atoms with Crippen LogP contribution in [0.4, 0.5) is 11.6 Å². The van der Waals surface area contributed by atoms with E-state index in [2.05, 4.69) is 21.8 Å². The number of H-pyrrole nitrogens is 1. The molecule has 0 saturated carbocycles. The first-order chi connectivity index (χ1) is 12.0. The molecule has 0 aliphatic carbocycles. The highest BCUT2D eigenvalue weighted by Gasteiger charge is 2.28. The van der Waals surface area contributed by atoms with Gasteiger partial charge in [-0.3, -0.25) is 14.3 Å². The first kappa shape index (κ1) is 15.5. The lowest BCUT2D eigenvalue weighted by atomic mass is 10.1. The molecule has 1 aliphatic rings. The van der Waals surface area contributed by atoms with E-state index < -0.39 is 11.2 Å². The standard InChI is InChI=1S/C17H19N5O3/c1-10-8-21(11-4-6-12(25-3)7-5-11)16-18-14-13(22(16)9-10)15(23)19-17(24)20(14)2/h4-7,10H,8-9H2,1-3H3,(H,19,23,24)/t10-/m1/s1. The van der Waals surface area contributed by atoms with Gasteiger partial charge < -0.3 is 14.2 Å². The molecule has 0 spiro atoms. The van der Waals surface area contributed by atoms with Crippen molar-refractivity contribution in [2.24, 2.45) is 13.0 Å². The first-order valence-corrected chi connectivity index (χ1v) is 8.10. The molecule has 0 fully saturated rings. The van der Waals surface area contributed by atoms with Crippen molar-refractivity contribution in [2.75, 3.05) is 18.6 Å². The number of ether oxygens (including phenoxy) is 1. The van der Waals surface area contributed by atoms with Crippen LogP contribution in [0, 0.1) is 5.92 Å². The number of anilines is 2. The Hall–Kier alpha value is -3.03.